The Bertz CT molecular complexity index is 372. The van der Waals surface area contributed by atoms with Crippen molar-refractivity contribution in [3.05, 3.63) is 34.6 Å². The minimum atomic E-state index is -0.707. The molecule has 0 aliphatic heterocycles. The van der Waals surface area contributed by atoms with Crippen LogP contribution in [0.5, 0.6) is 0 Å². The lowest BCUT2D eigenvalue weighted by atomic mass is 9.92. The molecule has 0 bridgehead atoms. The molecule has 82 valence electrons. The molecule has 0 aromatic heterocycles. The van der Waals surface area contributed by atoms with E-state index in [1.54, 1.807) is 6.07 Å². The lowest BCUT2D eigenvalue weighted by Gasteiger charge is -2.23. The van der Waals surface area contributed by atoms with Gasteiger partial charge >= 0.3 is 0 Å². The third-order valence-corrected chi connectivity index (χ3v) is 3.37. The van der Waals surface area contributed by atoms with Gasteiger partial charge in [0, 0.05) is 11.4 Å². The van der Waals surface area contributed by atoms with Gasteiger partial charge in [-0.15, -0.1) is 0 Å². The molecule has 0 radical (unpaired) electrons. The van der Waals surface area contributed by atoms with Crippen LogP contribution in [-0.4, -0.2) is 10.7 Å². The summed E-state index contributed by atoms with van der Waals surface area (Å²) in [5.74, 6) is 0.0356. The molecule has 1 nitrogen and oxygen atoms in total. The van der Waals surface area contributed by atoms with Crippen LogP contribution >= 0.6 is 11.6 Å². The van der Waals surface area contributed by atoms with Crippen LogP contribution in [0.25, 0.3) is 0 Å². The Morgan fingerprint density at radius 3 is 2.73 bits per heavy atom. The first-order valence-electron chi connectivity index (χ1n) is 5.15. The molecule has 1 aromatic carbocycles. The van der Waals surface area contributed by atoms with Gasteiger partial charge in [-0.05, 0) is 43.4 Å². The van der Waals surface area contributed by atoms with Crippen LogP contribution in [-0.2, 0) is 6.42 Å². The van der Waals surface area contributed by atoms with E-state index < -0.39 is 5.60 Å². The molecule has 0 amide bonds. The minimum absolute atomic E-state index is 0.338. The molecular formula is C12H14ClFO. The molecule has 1 N–H and O–H groups in total. The fourth-order valence-electron chi connectivity index (χ4n) is 1.90. The second kappa shape index (κ2) is 3.76. The first kappa shape index (κ1) is 10.9. The van der Waals surface area contributed by atoms with Crippen molar-refractivity contribution >= 4 is 11.6 Å². The number of aliphatic hydroxyl groups is 1. The Morgan fingerprint density at radius 2 is 2.20 bits per heavy atom. The van der Waals surface area contributed by atoms with Crippen LogP contribution in [0, 0.1) is 11.7 Å². The molecule has 15 heavy (non-hydrogen) atoms. The van der Waals surface area contributed by atoms with E-state index in [2.05, 4.69) is 0 Å². The zero-order valence-electron chi connectivity index (χ0n) is 8.63. The highest BCUT2D eigenvalue weighted by Crippen LogP contribution is 2.41. The summed E-state index contributed by atoms with van der Waals surface area (Å²) in [6, 6.07) is 4.32. The highest BCUT2D eigenvalue weighted by atomic mass is 35.5. The molecule has 1 aliphatic carbocycles. The van der Waals surface area contributed by atoms with E-state index in [4.69, 9.17) is 11.6 Å². The summed E-state index contributed by atoms with van der Waals surface area (Å²) in [6.45, 7) is 1.82. The van der Waals surface area contributed by atoms with Crippen LogP contribution < -0.4 is 0 Å². The van der Waals surface area contributed by atoms with Crippen LogP contribution in [0.15, 0.2) is 18.2 Å². The fourth-order valence-corrected chi connectivity index (χ4v) is 2.13. The topological polar surface area (TPSA) is 20.2 Å². The zero-order chi connectivity index (χ0) is 11.1. The number of hydrogen-bond donors (Lipinski definition) is 1. The fraction of sp³-hybridized carbons (Fsp3) is 0.500. The van der Waals surface area contributed by atoms with E-state index >= 15 is 0 Å². The molecular weight excluding hydrogens is 215 g/mol. The Hall–Kier alpha value is -0.600. The van der Waals surface area contributed by atoms with E-state index in [0.717, 1.165) is 18.4 Å². The zero-order valence-corrected chi connectivity index (χ0v) is 9.39. The minimum Gasteiger partial charge on any atom is -0.390 e. The molecule has 1 aromatic rings. The summed E-state index contributed by atoms with van der Waals surface area (Å²) < 4.78 is 12.8. The van der Waals surface area contributed by atoms with Gasteiger partial charge in [0.1, 0.15) is 5.82 Å². The van der Waals surface area contributed by atoms with E-state index in [9.17, 15) is 9.50 Å². The van der Waals surface area contributed by atoms with Gasteiger partial charge in [0.25, 0.3) is 0 Å². The van der Waals surface area contributed by atoms with Crippen molar-refractivity contribution in [1.82, 2.24) is 0 Å². The van der Waals surface area contributed by atoms with Crippen molar-refractivity contribution in [2.24, 2.45) is 5.92 Å². The maximum Gasteiger partial charge on any atom is 0.124 e. The third kappa shape index (κ3) is 2.50. The Balaban J connectivity index is 2.16. The van der Waals surface area contributed by atoms with Gasteiger partial charge < -0.3 is 5.11 Å². The summed E-state index contributed by atoms with van der Waals surface area (Å²) in [7, 11) is 0. The van der Waals surface area contributed by atoms with Crippen molar-refractivity contribution in [1.29, 1.82) is 0 Å². The average Bonchev–Trinajstić information content (AvgIpc) is 2.92. The molecule has 0 heterocycles. The van der Waals surface area contributed by atoms with Crippen molar-refractivity contribution in [2.45, 2.75) is 31.8 Å². The smallest absolute Gasteiger partial charge is 0.124 e. The summed E-state index contributed by atoms with van der Waals surface area (Å²) in [5, 5.41) is 10.5. The average molecular weight is 229 g/mol. The van der Waals surface area contributed by atoms with Crippen LogP contribution in [0.1, 0.15) is 25.3 Å². The summed E-state index contributed by atoms with van der Waals surface area (Å²) in [5.41, 5.74) is 0.108. The number of hydrogen-bond acceptors (Lipinski definition) is 1. The number of benzene rings is 1. The van der Waals surface area contributed by atoms with E-state index in [1.165, 1.54) is 12.1 Å². The van der Waals surface area contributed by atoms with Crippen LogP contribution in [0.2, 0.25) is 5.02 Å². The molecule has 1 aliphatic rings. The molecule has 1 saturated carbocycles. The Labute approximate surface area is 93.9 Å². The summed E-state index contributed by atoms with van der Waals surface area (Å²) in [4.78, 5) is 0. The molecule has 0 spiro atoms. The lowest BCUT2D eigenvalue weighted by molar-refractivity contribution is 0.0372. The maximum atomic E-state index is 12.8. The van der Waals surface area contributed by atoms with Crippen LogP contribution in [0.3, 0.4) is 0 Å². The Morgan fingerprint density at radius 1 is 1.53 bits per heavy atom. The van der Waals surface area contributed by atoms with Gasteiger partial charge in [-0.1, -0.05) is 17.7 Å². The van der Waals surface area contributed by atoms with Gasteiger partial charge in [0.2, 0.25) is 0 Å². The molecule has 1 unspecified atom stereocenters. The third-order valence-electron chi connectivity index (χ3n) is 3.02. The first-order chi connectivity index (χ1) is 6.99. The molecule has 1 fully saturated rings. The lowest BCUT2D eigenvalue weighted by Crippen LogP contribution is -2.29. The van der Waals surface area contributed by atoms with Gasteiger partial charge in [-0.3, -0.25) is 0 Å². The second-order valence-electron chi connectivity index (χ2n) is 4.54. The summed E-state index contributed by atoms with van der Waals surface area (Å²) >= 11 is 5.91. The van der Waals surface area contributed by atoms with Gasteiger partial charge in [-0.2, -0.15) is 0 Å². The van der Waals surface area contributed by atoms with Crippen molar-refractivity contribution in [2.75, 3.05) is 0 Å². The monoisotopic (exact) mass is 228 g/mol. The molecule has 1 atom stereocenters. The van der Waals surface area contributed by atoms with E-state index in [0.29, 0.717) is 17.4 Å². The quantitative estimate of drug-likeness (QED) is 0.843. The number of halogens is 2. The standard InChI is InChI=1S/C12H14ClFO/c1-12(15,9-3-4-9)7-8-2-5-10(14)6-11(8)13/h2,5-6,9,15H,3-4,7H2,1H3. The molecule has 2 rings (SSSR count). The maximum absolute atomic E-state index is 12.8. The number of rotatable bonds is 3. The Kier molecular flexibility index (Phi) is 2.73. The summed E-state index contributed by atoms with van der Waals surface area (Å²) in [6.07, 6.45) is 2.65. The van der Waals surface area contributed by atoms with Gasteiger partial charge in [0.15, 0.2) is 0 Å². The SMILES string of the molecule is CC(O)(Cc1ccc(F)cc1Cl)C1CC1. The largest absolute Gasteiger partial charge is 0.390 e. The van der Waals surface area contributed by atoms with Gasteiger partial charge in [-0.25, -0.2) is 4.39 Å². The first-order valence-corrected chi connectivity index (χ1v) is 5.53. The highest BCUT2D eigenvalue weighted by molar-refractivity contribution is 6.31. The molecule has 0 saturated heterocycles. The highest BCUT2D eigenvalue weighted by Gasteiger charge is 2.40. The van der Waals surface area contributed by atoms with Crippen LogP contribution in [0.4, 0.5) is 4.39 Å². The van der Waals surface area contributed by atoms with Crippen molar-refractivity contribution in [3.8, 4) is 0 Å². The molecule has 3 heteroatoms. The van der Waals surface area contributed by atoms with Crippen molar-refractivity contribution < 1.29 is 9.50 Å². The van der Waals surface area contributed by atoms with E-state index in [1.807, 2.05) is 6.92 Å². The van der Waals surface area contributed by atoms with E-state index in [-0.39, 0.29) is 5.82 Å². The van der Waals surface area contributed by atoms with Gasteiger partial charge in [0.05, 0.1) is 5.60 Å². The normalized spacial score (nSPS) is 20.0. The predicted molar refractivity (Wildman–Crippen MR) is 58.5 cm³/mol. The predicted octanol–water partition coefficient (Wildman–Crippen LogP) is 3.18. The van der Waals surface area contributed by atoms with Crippen molar-refractivity contribution in [3.63, 3.8) is 0 Å². The second-order valence-corrected chi connectivity index (χ2v) is 4.95.